The Kier molecular flexibility index (Phi) is 2.62. The third kappa shape index (κ3) is 1.94. The Bertz CT molecular complexity index is 116. The van der Waals surface area contributed by atoms with Gasteiger partial charge in [0.15, 0.2) is 0 Å². The van der Waals surface area contributed by atoms with Gasteiger partial charge in [-0.3, -0.25) is 4.79 Å². The summed E-state index contributed by atoms with van der Waals surface area (Å²) < 4.78 is 0. The van der Waals surface area contributed by atoms with E-state index >= 15 is 0 Å². The van der Waals surface area contributed by atoms with Gasteiger partial charge in [-0.1, -0.05) is 27.7 Å². The second-order valence-electron chi connectivity index (χ2n) is 3.16. The lowest BCUT2D eigenvalue weighted by molar-refractivity contribution is -0.119. The van der Waals surface area contributed by atoms with Crippen LogP contribution in [0.5, 0.6) is 0 Å². The van der Waals surface area contributed by atoms with E-state index in [9.17, 15) is 4.79 Å². The molecular formula is C7H13OS. The van der Waals surface area contributed by atoms with E-state index in [0.29, 0.717) is 5.92 Å². The fraction of sp³-hybridized carbons (Fsp3) is 0.857. The first-order chi connectivity index (χ1) is 3.89. The van der Waals surface area contributed by atoms with E-state index in [1.54, 1.807) is 0 Å². The van der Waals surface area contributed by atoms with Crippen LogP contribution < -0.4 is 0 Å². The van der Waals surface area contributed by atoms with Crippen LogP contribution in [-0.2, 0) is 4.79 Å². The summed E-state index contributed by atoms with van der Waals surface area (Å²) in [6.45, 7) is 7.77. The lowest BCUT2D eigenvalue weighted by atomic mass is 9.83. The molecule has 1 radical (unpaired) electrons. The zero-order chi connectivity index (χ0) is 7.65. The van der Waals surface area contributed by atoms with Crippen LogP contribution in [-0.4, -0.2) is 5.12 Å². The van der Waals surface area contributed by atoms with Crippen molar-refractivity contribution in [2.75, 3.05) is 0 Å². The molecule has 9 heavy (non-hydrogen) atoms. The van der Waals surface area contributed by atoms with Crippen LogP contribution in [0.4, 0.5) is 0 Å². The van der Waals surface area contributed by atoms with Crippen LogP contribution in [0, 0.1) is 11.3 Å². The molecule has 0 fully saturated rings. The molecule has 0 amide bonds. The number of hydrogen-bond donors (Lipinski definition) is 0. The Balaban J connectivity index is 4.19. The van der Waals surface area contributed by atoms with Gasteiger partial charge >= 0.3 is 0 Å². The van der Waals surface area contributed by atoms with Crippen LogP contribution in [0.2, 0.25) is 0 Å². The maximum Gasteiger partial charge on any atom is 0.224 e. The third-order valence-corrected chi connectivity index (χ3v) is 2.50. The monoisotopic (exact) mass is 145 g/mol. The molecule has 0 bridgehead atoms. The third-order valence-electron chi connectivity index (χ3n) is 1.97. The molecule has 0 aliphatic carbocycles. The van der Waals surface area contributed by atoms with E-state index in [1.165, 1.54) is 0 Å². The fourth-order valence-corrected chi connectivity index (χ4v) is 0.471. The molecule has 0 rings (SSSR count). The molecule has 0 aromatic carbocycles. The Hall–Kier alpha value is -0.110. The van der Waals surface area contributed by atoms with E-state index in [-0.39, 0.29) is 10.5 Å². The van der Waals surface area contributed by atoms with Gasteiger partial charge in [-0.25, -0.2) is 0 Å². The van der Waals surface area contributed by atoms with Crippen LogP contribution in [0.25, 0.3) is 0 Å². The maximum atomic E-state index is 10.7. The summed E-state index contributed by atoms with van der Waals surface area (Å²) in [5, 5.41) is -0.141. The molecule has 2 heteroatoms. The average molecular weight is 145 g/mol. The Morgan fingerprint density at radius 2 is 1.78 bits per heavy atom. The van der Waals surface area contributed by atoms with Crippen LogP contribution in [0.15, 0.2) is 0 Å². The zero-order valence-electron chi connectivity index (χ0n) is 6.39. The maximum absolute atomic E-state index is 10.7. The average Bonchev–Trinajstić information content (AvgIpc) is 1.65. The molecule has 0 aromatic heterocycles. The van der Waals surface area contributed by atoms with Gasteiger partial charge in [0.05, 0.1) is 0 Å². The van der Waals surface area contributed by atoms with Crippen molar-refractivity contribution < 1.29 is 4.79 Å². The molecule has 0 aliphatic heterocycles. The molecule has 0 atom stereocenters. The molecule has 1 nitrogen and oxygen atoms in total. The first-order valence-electron chi connectivity index (χ1n) is 3.10. The highest BCUT2D eigenvalue weighted by atomic mass is 32.1. The van der Waals surface area contributed by atoms with Gasteiger partial charge in [-0.15, -0.1) is 0 Å². The minimum Gasteiger partial charge on any atom is -0.281 e. The normalized spacial score (nSPS) is 12.1. The first-order valence-corrected chi connectivity index (χ1v) is 3.51. The molecule has 0 heterocycles. The predicted molar refractivity (Wildman–Crippen MR) is 41.2 cm³/mol. The van der Waals surface area contributed by atoms with E-state index in [2.05, 4.69) is 12.6 Å². The van der Waals surface area contributed by atoms with Crippen molar-refractivity contribution >= 4 is 17.7 Å². The van der Waals surface area contributed by atoms with E-state index < -0.39 is 0 Å². The molecule has 0 aromatic rings. The second kappa shape index (κ2) is 2.65. The van der Waals surface area contributed by atoms with Crippen molar-refractivity contribution in [1.82, 2.24) is 0 Å². The van der Waals surface area contributed by atoms with Crippen LogP contribution in [0.3, 0.4) is 0 Å². The van der Waals surface area contributed by atoms with Gasteiger partial charge in [0.1, 0.15) is 0 Å². The predicted octanol–water partition coefficient (Wildman–Crippen LogP) is 2.39. The van der Waals surface area contributed by atoms with E-state index in [4.69, 9.17) is 0 Å². The highest BCUT2D eigenvalue weighted by Crippen LogP contribution is 2.28. The summed E-state index contributed by atoms with van der Waals surface area (Å²) in [4.78, 5) is 10.7. The van der Waals surface area contributed by atoms with Crippen LogP contribution in [0.1, 0.15) is 27.7 Å². The second-order valence-corrected chi connectivity index (χ2v) is 3.53. The SMILES string of the molecule is CC(C)C(C)(C)C(=O)[S]. The molecule has 0 N–H and O–H groups in total. The van der Waals surface area contributed by atoms with Crippen molar-refractivity contribution in [3.8, 4) is 0 Å². The lowest BCUT2D eigenvalue weighted by Crippen LogP contribution is -2.25. The van der Waals surface area contributed by atoms with Crippen molar-refractivity contribution in [1.29, 1.82) is 0 Å². The summed E-state index contributed by atoms with van der Waals surface area (Å²) >= 11 is 4.55. The fourth-order valence-electron chi connectivity index (χ4n) is 0.236. The van der Waals surface area contributed by atoms with Crippen molar-refractivity contribution in [3.05, 3.63) is 0 Å². The minimum atomic E-state index is -0.324. The largest absolute Gasteiger partial charge is 0.281 e. The Morgan fingerprint density at radius 3 is 1.78 bits per heavy atom. The molecule has 0 spiro atoms. The van der Waals surface area contributed by atoms with Crippen molar-refractivity contribution in [2.45, 2.75) is 27.7 Å². The zero-order valence-corrected chi connectivity index (χ0v) is 7.21. The molecule has 0 unspecified atom stereocenters. The van der Waals surface area contributed by atoms with Gasteiger partial charge in [0, 0.05) is 5.41 Å². The van der Waals surface area contributed by atoms with Gasteiger partial charge in [0.2, 0.25) is 5.12 Å². The highest BCUT2D eigenvalue weighted by molar-refractivity contribution is 7.96. The van der Waals surface area contributed by atoms with Crippen LogP contribution >= 0.6 is 12.6 Å². The van der Waals surface area contributed by atoms with E-state index in [0.717, 1.165) is 0 Å². The quantitative estimate of drug-likeness (QED) is 0.583. The number of hydrogen-bond acceptors (Lipinski definition) is 1. The number of carbonyl (C=O) groups is 1. The van der Waals surface area contributed by atoms with Crippen molar-refractivity contribution in [3.63, 3.8) is 0 Å². The highest BCUT2D eigenvalue weighted by Gasteiger charge is 2.28. The molecule has 0 aliphatic rings. The molecular weight excluding hydrogens is 132 g/mol. The molecule has 0 saturated heterocycles. The number of rotatable bonds is 2. The molecule has 53 valence electrons. The Labute approximate surface area is 62.2 Å². The summed E-state index contributed by atoms with van der Waals surface area (Å²) in [6, 6.07) is 0. The van der Waals surface area contributed by atoms with Gasteiger partial charge in [-0.2, -0.15) is 0 Å². The summed E-state index contributed by atoms with van der Waals surface area (Å²) in [5.74, 6) is 0.336. The minimum absolute atomic E-state index is 0.141. The van der Waals surface area contributed by atoms with Crippen molar-refractivity contribution in [2.24, 2.45) is 11.3 Å². The molecule has 0 saturated carbocycles. The topological polar surface area (TPSA) is 17.1 Å². The summed E-state index contributed by atoms with van der Waals surface area (Å²) in [6.07, 6.45) is 0. The first kappa shape index (κ1) is 8.89. The summed E-state index contributed by atoms with van der Waals surface area (Å²) in [7, 11) is 0. The standard InChI is InChI=1S/C7H13OS/c1-5(2)7(3,4)6(8)9/h5H,1-4H3. The Morgan fingerprint density at radius 1 is 1.44 bits per heavy atom. The van der Waals surface area contributed by atoms with Gasteiger partial charge in [0.25, 0.3) is 0 Å². The van der Waals surface area contributed by atoms with E-state index in [1.807, 2.05) is 27.7 Å². The lowest BCUT2D eigenvalue weighted by Gasteiger charge is -2.23. The summed E-state index contributed by atoms with van der Waals surface area (Å²) in [5.41, 5.74) is -0.324. The number of carbonyl (C=O) groups excluding carboxylic acids is 1. The van der Waals surface area contributed by atoms with Gasteiger partial charge in [-0.05, 0) is 18.5 Å². The smallest absolute Gasteiger partial charge is 0.224 e. The van der Waals surface area contributed by atoms with Gasteiger partial charge < -0.3 is 0 Å².